The molecule has 0 radical (unpaired) electrons. The predicted molar refractivity (Wildman–Crippen MR) is 101 cm³/mol. The topological polar surface area (TPSA) is 91.4 Å². The highest BCUT2D eigenvalue weighted by molar-refractivity contribution is 5.97. The summed E-state index contributed by atoms with van der Waals surface area (Å²) in [4.78, 5) is 41.8. The molecule has 3 amide bonds. The Morgan fingerprint density at radius 1 is 1.04 bits per heavy atom. The van der Waals surface area contributed by atoms with E-state index in [0.717, 1.165) is 0 Å². The number of piperidine rings is 1. The molecule has 0 bridgehead atoms. The molecule has 0 unspecified atom stereocenters. The molecule has 1 aliphatic heterocycles. The first-order valence-corrected chi connectivity index (χ1v) is 8.91. The van der Waals surface area contributed by atoms with Crippen molar-refractivity contribution < 1.29 is 14.4 Å². The van der Waals surface area contributed by atoms with Crippen molar-refractivity contribution in [2.24, 2.45) is 0 Å². The van der Waals surface area contributed by atoms with Gasteiger partial charge >= 0.3 is 0 Å². The van der Waals surface area contributed by atoms with Gasteiger partial charge in [-0.3, -0.25) is 19.4 Å². The number of hydrogen-bond donors (Lipinski definition) is 2. The first kappa shape index (κ1) is 18.6. The second-order valence-corrected chi connectivity index (χ2v) is 6.54. The number of anilines is 1. The normalized spacial score (nSPS) is 14.5. The lowest BCUT2D eigenvalue weighted by Crippen LogP contribution is -2.46. The van der Waals surface area contributed by atoms with Crippen LogP contribution in [0.25, 0.3) is 0 Å². The van der Waals surface area contributed by atoms with E-state index in [2.05, 4.69) is 15.6 Å². The van der Waals surface area contributed by atoms with Crippen LogP contribution in [-0.2, 0) is 4.79 Å². The number of nitrogens with zero attached hydrogens (tertiary/aromatic N) is 2. The molecule has 2 N–H and O–H groups in total. The van der Waals surface area contributed by atoms with E-state index in [-0.39, 0.29) is 23.8 Å². The van der Waals surface area contributed by atoms with Gasteiger partial charge in [0.05, 0.1) is 0 Å². The van der Waals surface area contributed by atoms with E-state index in [4.69, 9.17) is 0 Å². The number of amides is 3. The smallest absolute Gasteiger partial charge is 0.253 e. The Hall–Kier alpha value is -3.22. The molecule has 7 heteroatoms. The van der Waals surface area contributed by atoms with Gasteiger partial charge in [0.25, 0.3) is 11.8 Å². The molecule has 2 heterocycles. The fourth-order valence-corrected chi connectivity index (χ4v) is 3.11. The third kappa shape index (κ3) is 4.91. The van der Waals surface area contributed by atoms with E-state index in [9.17, 15) is 14.4 Å². The maximum atomic E-state index is 12.5. The van der Waals surface area contributed by atoms with Crippen molar-refractivity contribution in [2.45, 2.75) is 25.8 Å². The fraction of sp³-hybridized carbons (Fsp3) is 0.300. The van der Waals surface area contributed by atoms with Crippen molar-refractivity contribution in [2.75, 3.05) is 18.4 Å². The molecular weight excluding hydrogens is 344 g/mol. The van der Waals surface area contributed by atoms with Crippen LogP contribution in [0, 0.1) is 0 Å². The summed E-state index contributed by atoms with van der Waals surface area (Å²) in [6, 6.07) is 10.3. The maximum absolute atomic E-state index is 12.5. The van der Waals surface area contributed by atoms with Crippen LogP contribution in [0.2, 0.25) is 0 Å². The number of carbonyl (C=O) groups excluding carboxylic acids is 3. The molecule has 0 saturated carbocycles. The average molecular weight is 366 g/mol. The maximum Gasteiger partial charge on any atom is 0.253 e. The summed E-state index contributed by atoms with van der Waals surface area (Å²) in [6.45, 7) is 2.61. The van der Waals surface area contributed by atoms with Crippen LogP contribution < -0.4 is 10.6 Å². The molecule has 1 aromatic carbocycles. The van der Waals surface area contributed by atoms with Gasteiger partial charge in [0, 0.05) is 55.3 Å². The van der Waals surface area contributed by atoms with Crippen LogP contribution in [0.1, 0.15) is 40.5 Å². The van der Waals surface area contributed by atoms with Gasteiger partial charge in [-0.15, -0.1) is 0 Å². The fourth-order valence-electron chi connectivity index (χ4n) is 3.11. The predicted octanol–water partition coefficient (Wildman–Crippen LogP) is 2.07. The molecule has 3 rings (SSSR count). The van der Waals surface area contributed by atoms with Gasteiger partial charge in [0.15, 0.2) is 0 Å². The zero-order valence-corrected chi connectivity index (χ0v) is 15.1. The molecular formula is C20H22N4O3. The number of hydrogen-bond acceptors (Lipinski definition) is 4. The molecule has 7 nitrogen and oxygen atoms in total. The molecule has 1 fully saturated rings. The molecule has 0 spiro atoms. The Bertz CT molecular complexity index is 830. The Kier molecular flexibility index (Phi) is 5.80. The first-order chi connectivity index (χ1) is 13.0. The van der Waals surface area contributed by atoms with Crippen molar-refractivity contribution in [3.05, 3.63) is 59.9 Å². The summed E-state index contributed by atoms with van der Waals surface area (Å²) in [7, 11) is 0. The zero-order valence-electron chi connectivity index (χ0n) is 15.1. The summed E-state index contributed by atoms with van der Waals surface area (Å²) in [5.41, 5.74) is 1.71. The molecule has 140 valence electrons. The van der Waals surface area contributed by atoms with E-state index >= 15 is 0 Å². The number of benzene rings is 1. The van der Waals surface area contributed by atoms with Gasteiger partial charge in [0.2, 0.25) is 5.91 Å². The van der Waals surface area contributed by atoms with E-state index in [1.165, 1.54) is 6.92 Å². The van der Waals surface area contributed by atoms with Crippen LogP contribution in [0.4, 0.5) is 5.69 Å². The van der Waals surface area contributed by atoms with Gasteiger partial charge in [-0.05, 0) is 43.2 Å². The molecule has 0 atom stereocenters. The molecule has 0 aliphatic carbocycles. The van der Waals surface area contributed by atoms with E-state index in [1.54, 1.807) is 53.7 Å². The lowest BCUT2D eigenvalue weighted by molar-refractivity contribution is -0.114. The van der Waals surface area contributed by atoms with Crippen LogP contribution in [-0.4, -0.2) is 46.7 Å². The third-order valence-electron chi connectivity index (χ3n) is 4.49. The second kappa shape index (κ2) is 8.44. The van der Waals surface area contributed by atoms with Crippen LogP contribution in [0.3, 0.4) is 0 Å². The van der Waals surface area contributed by atoms with Crippen LogP contribution in [0.5, 0.6) is 0 Å². The van der Waals surface area contributed by atoms with Gasteiger partial charge in [0.1, 0.15) is 0 Å². The quantitative estimate of drug-likeness (QED) is 0.867. The van der Waals surface area contributed by atoms with Gasteiger partial charge in [-0.2, -0.15) is 0 Å². The van der Waals surface area contributed by atoms with Gasteiger partial charge in [-0.1, -0.05) is 6.07 Å². The summed E-state index contributed by atoms with van der Waals surface area (Å²) < 4.78 is 0. The summed E-state index contributed by atoms with van der Waals surface area (Å²) in [6.07, 6.45) is 4.62. The van der Waals surface area contributed by atoms with Crippen LogP contribution in [0.15, 0.2) is 48.8 Å². The number of pyridine rings is 1. The molecule has 1 aromatic heterocycles. The minimum Gasteiger partial charge on any atom is -0.349 e. The number of carbonyl (C=O) groups is 3. The SMILES string of the molecule is CC(=O)Nc1cccc(C(=O)NC2CCN(C(=O)c3ccncc3)CC2)c1. The molecule has 1 saturated heterocycles. The Morgan fingerprint density at radius 3 is 2.41 bits per heavy atom. The average Bonchev–Trinajstić information content (AvgIpc) is 2.68. The minimum absolute atomic E-state index is 0.00909. The minimum atomic E-state index is -0.182. The zero-order chi connectivity index (χ0) is 19.2. The van der Waals surface area contributed by atoms with Crippen molar-refractivity contribution in [1.29, 1.82) is 0 Å². The Morgan fingerprint density at radius 2 is 1.74 bits per heavy atom. The third-order valence-corrected chi connectivity index (χ3v) is 4.49. The Balaban J connectivity index is 1.54. The number of likely N-dealkylation sites (tertiary alicyclic amines) is 1. The first-order valence-electron chi connectivity index (χ1n) is 8.91. The van der Waals surface area contributed by atoms with Crippen LogP contribution >= 0.6 is 0 Å². The van der Waals surface area contributed by atoms with Crippen molar-refractivity contribution in [3.63, 3.8) is 0 Å². The van der Waals surface area contributed by atoms with E-state index in [1.807, 2.05) is 0 Å². The van der Waals surface area contributed by atoms with Crippen molar-refractivity contribution >= 4 is 23.4 Å². The summed E-state index contributed by atoms with van der Waals surface area (Å²) >= 11 is 0. The van der Waals surface area contributed by atoms with E-state index in [0.29, 0.717) is 42.7 Å². The largest absolute Gasteiger partial charge is 0.349 e. The molecule has 2 aromatic rings. The highest BCUT2D eigenvalue weighted by Crippen LogP contribution is 2.15. The van der Waals surface area contributed by atoms with Gasteiger partial charge < -0.3 is 15.5 Å². The second-order valence-electron chi connectivity index (χ2n) is 6.54. The number of aromatic nitrogens is 1. The Labute approximate surface area is 157 Å². The monoisotopic (exact) mass is 366 g/mol. The lowest BCUT2D eigenvalue weighted by atomic mass is 10.0. The molecule has 1 aliphatic rings. The van der Waals surface area contributed by atoms with Crippen molar-refractivity contribution in [3.8, 4) is 0 Å². The lowest BCUT2D eigenvalue weighted by Gasteiger charge is -2.32. The standard InChI is InChI=1S/C20H22N4O3/c1-14(25)22-18-4-2-3-16(13-18)19(26)23-17-7-11-24(12-8-17)20(27)15-5-9-21-10-6-15/h2-6,9-10,13,17H,7-8,11-12H2,1H3,(H,22,25)(H,23,26). The van der Waals surface area contributed by atoms with Crippen molar-refractivity contribution in [1.82, 2.24) is 15.2 Å². The summed E-state index contributed by atoms with van der Waals surface area (Å²) in [5.74, 6) is -0.370. The number of rotatable bonds is 4. The highest BCUT2D eigenvalue weighted by atomic mass is 16.2. The van der Waals surface area contributed by atoms with E-state index < -0.39 is 0 Å². The molecule has 27 heavy (non-hydrogen) atoms. The summed E-state index contributed by atoms with van der Waals surface area (Å²) in [5, 5.41) is 5.69. The van der Waals surface area contributed by atoms with Gasteiger partial charge in [-0.25, -0.2) is 0 Å². The highest BCUT2D eigenvalue weighted by Gasteiger charge is 2.24. The number of nitrogens with one attached hydrogen (secondary N) is 2.